The second-order valence-electron chi connectivity index (χ2n) is 6.76. The van der Waals surface area contributed by atoms with Gasteiger partial charge in [-0.25, -0.2) is 13.6 Å². The van der Waals surface area contributed by atoms with Gasteiger partial charge in [0.1, 0.15) is 17.2 Å². The van der Waals surface area contributed by atoms with Gasteiger partial charge < -0.3 is 15.4 Å². The summed E-state index contributed by atoms with van der Waals surface area (Å²) >= 11 is 3.04. The Kier molecular flexibility index (Phi) is 5.30. The van der Waals surface area contributed by atoms with Crippen molar-refractivity contribution < 1.29 is 18.3 Å². The van der Waals surface area contributed by atoms with E-state index in [1.54, 1.807) is 20.8 Å². The third-order valence-electron chi connectivity index (χ3n) is 3.80. The van der Waals surface area contributed by atoms with E-state index in [-0.39, 0.29) is 16.0 Å². The quantitative estimate of drug-likeness (QED) is 0.776. The van der Waals surface area contributed by atoms with Gasteiger partial charge in [-0.2, -0.15) is 0 Å². The van der Waals surface area contributed by atoms with Crippen LogP contribution >= 0.6 is 15.9 Å². The second kappa shape index (κ2) is 6.73. The van der Waals surface area contributed by atoms with Gasteiger partial charge in [0.2, 0.25) is 0 Å². The molecule has 2 atom stereocenters. The summed E-state index contributed by atoms with van der Waals surface area (Å²) < 4.78 is 33.6. The van der Waals surface area contributed by atoms with Gasteiger partial charge in [0.05, 0.1) is 4.47 Å². The number of likely N-dealkylation sites (tertiary alicyclic amines) is 1. The van der Waals surface area contributed by atoms with E-state index >= 15 is 0 Å². The standard InChI is InChI=1S/C16H21BrF2N2O2/c1-16(2,3)23-15(22)21-7-6-9(8-21)14(20)12-11(18)5-4-10(17)13(12)19/h4-5,9,14H,6-8,20H2,1-3H3. The molecule has 0 saturated carbocycles. The van der Waals surface area contributed by atoms with Crippen LogP contribution in [0.25, 0.3) is 0 Å². The van der Waals surface area contributed by atoms with E-state index in [0.29, 0.717) is 19.5 Å². The maximum atomic E-state index is 14.2. The predicted molar refractivity (Wildman–Crippen MR) is 86.9 cm³/mol. The van der Waals surface area contributed by atoms with Crippen molar-refractivity contribution in [2.24, 2.45) is 11.7 Å². The lowest BCUT2D eigenvalue weighted by molar-refractivity contribution is 0.0286. The van der Waals surface area contributed by atoms with E-state index in [4.69, 9.17) is 10.5 Å². The second-order valence-corrected chi connectivity index (χ2v) is 7.61. The molecule has 1 saturated heterocycles. The van der Waals surface area contributed by atoms with Crippen LogP contribution in [0.2, 0.25) is 0 Å². The van der Waals surface area contributed by atoms with Gasteiger partial charge in [-0.05, 0) is 61.2 Å². The van der Waals surface area contributed by atoms with E-state index in [1.807, 2.05) is 0 Å². The summed E-state index contributed by atoms with van der Waals surface area (Å²) in [4.78, 5) is 13.6. The third kappa shape index (κ3) is 4.20. The molecular formula is C16H21BrF2N2O2. The molecule has 2 N–H and O–H groups in total. The van der Waals surface area contributed by atoms with Crippen LogP contribution in [0.5, 0.6) is 0 Å². The number of rotatable bonds is 2. The Hall–Kier alpha value is -1.21. The van der Waals surface area contributed by atoms with Gasteiger partial charge in [0.25, 0.3) is 0 Å². The van der Waals surface area contributed by atoms with Gasteiger partial charge in [-0.3, -0.25) is 0 Å². The minimum Gasteiger partial charge on any atom is -0.444 e. The lowest BCUT2D eigenvalue weighted by Crippen LogP contribution is -2.36. The first-order chi connectivity index (χ1) is 10.6. The van der Waals surface area contributed by atoms with E-state index in [0.717, 1.165) is 0 Å². The molecule has 1 aliphatic rings. The van der Waals surface area contributed by atoms with Gasteiger partial charge in [-0.15, -0.1) is 0 Å². The molecular weight excluding hydrogens is 370 g/mol. The van der Waals surface area contributed by atoms with E-state index in [9.17, 15) is 13.6 Å². The summed E-state index contributed by atoms with van der Waals surface area (Å²) in [6.45, 7) is 6.15. The van der Waals surface area contributed by atoms with Crippen LogP contribution in [-0.2, 0) is 4.74 Å². The number of hydrogen-bond acceptors (Lipinski definition) is 3. The van der Waals surface area contributed by atoms with E-state index in [1.165, 1.54) is 17.0 Å². The first-order valence-electron chi connectivity index (χ1n) is 7.47. The molecule has 0 spiro atoms. The Morgan fingerprint density at radius 1 is 1.43 bits per heavy atom. The molecule has 23 heavy (non-hydrogen) atoms. The number of nitrogens with zero attached hydrogens (tertiary/aromatic N) is 1. The zero-order valence-electron chi connectivity index (χ0n) is 13.4. The van der Waals surface area contributed by atoms with Crippen LogP contribution < -0.4 is 5.73 Å². The molecule has 0 aromatic heterocycles. The highest BCUT2D eigenvalue weighted by molar-refractivity contribution is 9.10. The van der Waals surface area contributed by atoms with Crippen molar-refractivity contribution >= 4 is 22.0 Å². The molecule has 1 aromatic rings. The van der Waals surface area contributed by atoms with Crippen LogP contribution in [-0.4, -0.2) is 29.7 Å². The molecule has 2 rings (SSSR count). The molecule has 0 aliphatic carbocycles. The van der Waals surface area contributed by atoms with Gasteiger partial charge in [0.15, 0.2) is 0 Å². The van der Waals surface area contributed by atoms with Gasteiger partial charge >= 0.3 is 6.09 Å². The summed E-state index contributed by atoms with van der Waals surface area (Å²) in [5.74, 6) is -1.58. The Morgan fingerprint density at radius 2 is 2.09 bits per heavy atom. The molecule has 1 heterocycles. The fourth-order valence-electron chi connectivity index (χ4n) is 2.66. The lowest BCUT2D eigenvalue weighted by atomic mass is 9.92. The molecule has 1 amide bonds. The molecule has 1 aliphatic heterocycles. The van der Waals surface area contributed by atoms with Crippen LogP contribution in [0.15, 0.2) is 16.6 Å². The number of nitrogens with two attached hydrogens (primary N) is 1. The van der Waals surface area contributed by atoms with Crippen molar-refractivity contribution in [3.63, 3.8) is 0 Å². The van der Waals surface area contributed by atoms with Crippen molar-refractivity contribution in [3.8, 4) is 0 Å². The van der Waals surface area contributed by atoms with Crippen molar-refractivity contribution in [2.45, 2.75) is 38.8 Å². The molecule has 1 fully saturated rings. The Balaban J connectivity index is 2.10. The average molecular weight is 391 g/mol. The van der Waals surface area contributed by atoms with Crippen molar-refractivity contribution in [2.75, 3.05) is 13.1 Å². The smallest absolute Gasteiger partial charge is 0.410 e. The molecule has 128 valence electrons. The first-order valence-corrected chi connectivity index (χ1v) is 8.26. The third-order valence-corrected chi connectivity index (χ3v) is 4.41. The number of carbonyl (C=O) groups excluding carboxylic acids is 1. The van der Waals surface area contributed by atoms with E-state index < -0.39 is 29.4 Å². The average Bonchev–Trinajstić information content (AvgIpc) is 2.91. The lowest BCUT2D eigenvalue weighted by Gasteiger charge is -2.25. The SMILES string of the molecule is CC(C)(C)OC(=O)N1CCC(C(N)c2c(F)ccc(Br)c2F)C1. The topological polar surface area (TPSA) is 55.6 Å². The zero-order chi connectivity index (χ0) is 17.4. The normalized spacial score (nSPS) is 19.8. The summed E-state index contributed by atoms with van der Waals surface area (Å²) in [6, 6.07) is 1.67. The molecule has 2 unspecified atom stereocenters. The number of ether oxygens (including phenoxy) is 1. The Labute approximate surface area is 143 Å². The summed E-state index contributed by atoms with van der Waals surface area (Å²) in [5, 5.41) is 0. The molecule has 1 aromatic carbocycles. The Morgan fingerprint density at radius 3 is 2.70 bits per heavy atom. The molecule has 0 bridgehead atoms. The number of carbonyl (C=O) groups is 1. The highest BCUT2D eigenvalue weighted by Crippen LogP contribution is 2.34. The largest absolute Gasteiger partial charge is 0.444 e. The van der Waals surface area contributed by atoms with Gasteiger partial charge in [-0.1, -0.05) is 0 Å². The number of halogens is 3. The molecule has 0 radical (unpaired) electrons. The minimum atomic E-state index is -0.820. The summed E-state index contributed by atoms with van der Waals surface area (Å²) in [5.41, 5.74) is 5.35. The van der Waals surface area contributed by atoms with E-state index in [2.05, 4.69) is 15.9 Å². The van der Waals surface area contributed by atoms with Crippen LogP contribution in [0.1, 0.15) is 38.8 Å². The number of hydrogen-bond donors (Lipinski definition) is 1. The number of amides is 1. The fraction of sp³-hybridized carbons (Fsp3) is 0.562. The highest BCUT2D eigenvalue weighted by atomic mass is 79.9. The maximum absolute atomic E-state index is 14.2. The van der Waals surface area contributed by atoms with Crippen molar-refractivity contribution in [1.82, 2.24) is 4.90 Å². The maximum Gasteiger partial charge on any atom is 0.410 e. The Bertz CT molecular complexity index is 604. The van der Waals surface area contributed by atoms with Crippen LogP contribution in [0.3, 0.4) is 0 Å². The monoisotopic (exact) mass is 390 g/mol. The summed E-state index contributed by atoms with van der Waals surface area (Å²) in [7, 11) is 0. The molecule has 4 nitrogen and oxygen atoms in total. The van der Waals surface area contributed by atoms with Crippen molar-refractivity contribution in [3.05, 3.63) is 33.8 Å². The minimum absolute atomic E-state index is 0.143. The van der Waals surface area contributed by atoms with Crippen molar-refractivity contribution in [1.29, 1.82) is 0 Å². The van der Waals surface area contributed by atoms with Crippen LogP contribution in [0.4, 0.5) is 13.6 Å². The highest BCUT2D eigenvalue weighted by Gasteiger charge is 2.35. The zero-order valence-corrected chi connectivity index (χ0v) is 15.0. The predicted octanol–water partition coefficient (Wildman–Crippen LogP) is 3.98. The van der Waals surface area contributed by atoms with Crippen LogP contribution in [0, 0.1) is 17.6 Å². The first kappa shape index (κ1) is 18.1. The fourth-order valence-corrected chi connectivity index (χ4v) is 3.00. The van der Waals surface area contributed by atoms with Gasteiger partial charge in [0, 0.05) is 24.7 Å². The summed E-state index contributed by atoms with van der Waals surface area (Å²) in [6.07, 6.45) is 0.147. The number of benzene rings is 1. The molecule has 7 heteroatoms.